The van der Waals surface area contributed by atoms with Crippen LogP contribution in [0.1, 0.15) is 36.7 Å². The van der Waals surface area contributed by atoms with Gasteiger partial charge in [-0.05, 0) is 31.0 Å². The van der Waals surface area contributed by atoms with Gasteiger partial charge in [0.25, 0.3) is 0 Å². The van der Waals surface area contributed by atoms with E-state index < -0.39 is 9.84 Å². The van der Waals surface area contributed by atoms with E-state index in [9.17, 15) is 8.42 Å². The van der Waals surface area contributed by atoms with E-state index in [0.717, 1.165) is 11.3 Å². The van der Waals surface area contributed by atoms with Gasteiger partial charge in [0.05, 0.1) is 29.2 Å². The molecular formula is C20H27ClN4O3S. The summed E-state index contributed by atoms with van der Waals surface area (Å²) in [5.41, 5.74) is 7.88. The molecule has 2 heterocycles. The zero-order chi connectivity index (χ0) is 21.6. The Balaban J connectivity index is 2.15. The lowest BCUT2D eigenvalue weighted by atomic mass is 9.93. The van der Waals surface area contributed by atoms with Crippen LogP contribution in [0.4, 0.5) is 11.8 Å². The van der Waals surface area contributed by atoms with E-state index in [1.165, 1.54) is 6.26 Å². The minimum atomic E-state index is -3.37. The van der Waals surface area contributed by atoms with Crippen molar-refractivity contribution in [1.29, 1.82) is 0 Å². The van der Waals surface area contributed by atoms with Crippen LogP contribution in [-0.4, -0.2) is 44.4 Å². The normalized spacial score (nSPS) is 19.8. The standard InChI is InChI=1S/C20H27ClN4O3S/c1-12-8-17(24-19(22)23-12)25-10-20(3,4)11-28-9-15(25)14-6-7-16(29(5,26)27)13(2)18(14)21/h6-8,15H,9-11H2,1-5H3,(H2,22,23,24). The van der Waals surface area contributed by atoms with Gasteiger partial charge >= 0.3 is 0 Å². The first-order chi connectivity index (χ1) is 13.4. The van der Waals surface area contributed by atoms with E-state index in [1.807, 2.05) is 13.0 Å². The van der Waals surface area contributed by atoms with E-state index >= 15 is 0 Å². The highest BCUT2D eigenvalue weighted by molar-refractivity contribution is 7.90. The number of sulfone groups is 1. The van der Waals surface area contributed by atoms with Crippen LogP contribution < -0.4 is 10.6 Å². The number of ether oxygens (including phenoxy) is 1. The number of rotatable bonds is 3. The van der Waals surface area contributed by atoms with Crippen molar-refractivity contribution in [2.45, 2.75) is 38.6 Å². The number of benzene rings is 1. The fourth-order valence-corrected chi connectivity index (χ4v) is 5.04. The van der Waals surface area contributed by atoms with E-state index in [0.29, 0.717) is 36.2 Å². The molecule has 1 saturated heterocycles. The minimum Gasteiger partial charge on any atom is -0.378 e. The number of aromatic nitrogens is 2. The van der Waals surface area contributed by atoms with Gasteiger partial charge < -0.3 is 15.4 Å². The van der Waals surface area contributed by atoms with Gasteiger partial charge in [-0.25, -0.2) is 13.4 Å². The molecule has 158 valence electrons. The quantitative estimate of drug-likeness (QED) is 0.784. The summed E-state index contributed by atoms with van der Waals surface area (Å²) < 4.78 is 30.1. The summed E-state index contributed by atoms with van der Waals surface area (Å²) in [6, 6.07) is 5.02. The molecule has 0 amide bonds. The molecule has 3 rings (SSSR count). The number of anilines is 2. The molecule has 0 aliphatic carbocycles. The van der Waals surface area contributed by atoms with Crippen molar-refractivity contribution >= 4 is 33.2 Å². The van der Waals surface area contributed by atoms with Gasteiger partial charge in [-0.2, -0.15) is 4.98 Å². The zero-order valence-electron chi connectivity index (χ0n) is 17.4. The summed E-state index contributed by atoms with van der Waals surface area (Å²) in [6.07, 6.45) is 1.18. The van der Waals surface area contributed by atoms with Gasteiger partial charge in [0, 0.05) is 30.0 Å². The van der Waals surface area contributed by atoms with Crippen LogP contribution in [0.25, 0.3) is 0 Å². The second-order valence-corrected chi connectivity index (χ2v) is 10.8. The highest BCUT2D eigenvalue weighted by Gasteiger charge is 2.34. The number of nitrogens with two attached hydrogens (primary N) is 1. The third kappa shape index (κ3) is 4.65. The fourth-order valence-electron chi connectivity index (χ4n) is 3.72. The van der Waals surface area contributed by atoms with Gasteiger partial charge in [-0.15, -0.1) is 0 Å². The van der Waals surface area contributed by atoms with Crippen molar-refractivity contribution in [3.05, 3.63) is 40.0 Å². The van der Waals surface area contributed by atoms with E-state index in [-0.39, 0.29) is 22.3 Å². The number of nitrogen functional groups attached to an aromatic ring is 1. The smallest absolute Gasteiger partial charge is 0.222 e. The Morgan fingerprint density at radius 3 is 2.59 bits per heavy atom. The van der Waals surface area contributed by atoms with Gasteiger partial charge in [-0.1, -0.05) is 31.5 Å². The highest BCUT2D eigenvalue weighted by Crippen LogP contribution is 2.39. The molecule has 0 spiro atoms. The molecule has 1 aliphatic heterocycles. The Hall–Kier alpha value is -1.90. The van der Waals surface area contributed by atoms with Crippen molar-refractivity contribution in [2.24, 2.45) is 5.41 Å². The van der Waals surface area contributed by atoms with E-state index in [1.54, 1.807) is 19.1 Å². The van der Waals surface area contributed by atoms with Crippen LogP contribution in [0.15, 0.2) is 23.1 Å². The third-order valence-corrected chi connectivity index (χ3v) is 6.76. The number of hydrogen-bond acceptors (Lipinski definition) is 7. The Bertz CT molecular complexity index is 1020. The Morgan fingerprint density at radius 2 is 1.97 bits per heavy atom. The average Bonchev–Trinajstić information content (AvgIpc) is 2.73. The molecule has 1 aromatic carbocycles. The molecule has 29 heavy (non-hydrogen) atoms. The predicted molar refractivity (Wildman–Crippen MR) is 115 cm³/mol. The maximum atomic E-state index is 12.1. The summed E-state index contributed by atoms with van der Waals surface area (Å²) in [5, 5.41) is 0.421. The number of nitrogens with zero attached hydrogens (tertiary/aromatic N) is 3. The third-order valence-electron chi connectivity index (χ3n) is 5.02. The number of aryl methyl sites for hydroxylation is 1. The molecule has 2 N–H and O–H groups in total. The zero-order valence-corrected chi connectivity index (χ0v) is 18.9. The molecule has 7 nitrogen and oxygen atoms in total. The second-order valence-electron chi connectivity index (χ2n) is 8.41. The van der Waals surface area contributed by atoms with Crippen molar-refractivity contribution < 1.29 is 13.2 Å². The van der Waals surface area contributed by atoms with Crippen molar-refractivity contribution in [1.82, 2.24) is 9.97 Å². The van der Waals surface area contributed by atoms with Gasteiger partial charge in [0.1, 0.15) is 5.82 Å². The summed E-state index contributed by atoms with van der Waals surface area (Å²) >= 11 is 6.67. The minimum absolute atomic E-state index is 0.128. The topological polar surface area (TPSA) is 98.4 Å². The Kier molecular flexibility index (Phi) is 5.82. The van der Waals surface area contributed by atoms with Crippen LogP contribution in [-0.2, 0) is 14.6 Å². The van der Waals surface area contributed by atoms with E-state index in [2.05, 4.69) is 28.7 Å². The molecule has 1 fully saturated rings. The molecular weight excluding hydrogens is 412 g/mol. The molecule has 2 aromatic rings. The van der Waals surface area contributed by atoms with Crippen LogP contribution >= 0.6 is 11.6 Å². The first kappa shape index (κ1) is 21.8. The fraction of sp³-hybridized carbons (Fsp3) is 0.500. The molecule has 1 aromatic heterocycles. The molecule has 1 unspecified atom stereocenters. The van der Waals surface area contributed by atoms with Crippen LogP contribution in [0.5, 0.6) is 0 Å². The van der Waals surface area contributed by atoms with Gasteiger partial charge in [0.2, 0.25) is 5.95 Å². The summed E-state index contributed by atoms with van der Waals surface area (Å²) in [5.74, 6) is 0.899. The van der Waals surface area contributed by atoms with Crippen LogP contribution in [0.3, 0.4) is 0 Å². The maximum Gasteiger partial charge on any atom is 0.222 e. The predicted octanol–water partition coefficient (Wildman–Crippen LogP) is 3.34. The molecule has 1 aliphatic rings. The van der Waals surface area contributed by atoms with Crippen molar-refractivity contribution in [2.75, 3.05) is 36.6 Å². The molecule has 0 bridgehead atoms. The van der Waals surface area contributed by atoms with E-state index in [4.69, 9.17) is 22.1 Å². The lowest BCUT2D eigenvalue weighted by Crippen LogP contribution is -2.37. The second kappa shape index (κ2) is 7.74. The SMILES string of the molecule is Cc1cc(N2CC(C)(C)COCC2c2ccc(S(C)(=O)=O)c(C)c2Cl)nc(N)n1. The first-order valence-corrected chi connectivity index (χ1v) is 11.6. The lowest BCUT2D eigenvalue weighted by Gasteiger charge is -2.35. The van der Waals surface area contributed by atoms with Crippen LogP contribution in [0.2, 0.25) is 5.02 Å². The number of halogens is 1. The van der Waals surface area contributed by atoms with Gasteiger partial charge in [-0.3, -0.25) is 0 Å². The largest absolute Gasteiger partial charge is 0.378 e. The first-order valence-electron chi connectivity index (χ1n) is 9.34. The Morgan fingerprint density at radius 1 is 1.28 bits per heavy atom. The molecule has 0 saturated carbocycles. The summed E-state index contributed by atoms with van der Waals surface area (Å²) in [7, 11) is -3.37. The Labute approximate surface area is 177 Å². The monoisotopic (exact) mass is 438 g/mol. The van der Waals surface area contributed by atoms with Crippen LogP contribution in [0, 0.1) is 19.3 Å². The lowest BCUT2D eigenvalue weighted by molar-refractivity contribution is 0.0800. The van der Waals surface area contributed by atoms with Crippen molar-refractivity contribution in [3.63, 3.8) is 0 Å². The molecule has 9 heteroatoms. The molecule has 0 radical (unpaired) electrons. The summed E-state index contributed by atoms with van der Waals surface area (Å²) in [6.45, 7) is 9.48. The highest BCUT2D eigenvalue weighted by atomic mass is 35.5. The number of hydrogen-bond donors (Lipinski definition) is 1. The average molecular weight is 439 g/mol. The maximum absolute atomic E-state index is 12.1. The van der Waals surface area contributed by atoms with Gasteiger partial charge in [0.15, 0.2) is 9.84 Å². The molecule has 1 atom stereocenters. The summed E-state index contributed by atoms with van der Waals surface area (Å²) in [4.78, 5) is 11.0. The van der Waals surface area contributed by atoms with Crippen molar-refractivity contribution in [3.8, 4) is 0 Å².